The SMILES string of the molecule is O=S(=O)(CCCCl)Nc1c(Cl)cc(Cl)cc1Cl. The predicted molar refractivity (Wildman–Crippen MR) is 74.2 cm³/mol. The molecule has 0 heterocycles. The van der Waals surface area contributed by atoms with Gasteiger partial charge in [-0.2, -0.15) is 0 Å². The Morgan fingerprint density at radius 1 is 1.12 bits per heavy atom. The van der Waals surface area contributed by atoms with Crippen LogP contribution >= 0.6 is 46.4 Å². The van der Waals surface area contributed by atoms with Gasteiger partial charge in [0.25, 0.3) is 0 Å². The molecule has 0 saturated carbocycles. The van der Waals surface area contributed by atoms with E-state index in [0.717, 1.165) is 0 Å². The summed E-state index contributed by atoms with van der Waals surface area (Å²) in [7, 11) is -3.50. The molecule has 1 N–H and O–H groups in total. The third kappa shape index (κ3) is 4.72. The highest BCUT2D eigenvalue weighted by Gasteiger charge is 2.15. The van der Waals surface area contributed by atoms with E-state index in [0.29, 0.717) is 11.4 Å². The first kappa shape index (κ1) is 15.2. The van der Waals surface area contributed by atoms with E-state index in [1.54, 1.807) is 0 Å². The van der Waals surface area contributed by atoms with Gasteiger partial charge in [-0.3, -0.25) is 4.72 Å². The monoisotopic (exact) mass is 335 g/mol. The van der Waals surface area contributed by atoms with E-state index < -0.39 is 10.0 Å². The number of sulfonamides is 1. The summed E-state index contributed by atoms with van der Waals surface area (Å²) in [6.45, 7) is 0. The Bertz CT molecular complexity index is 481. The van der Waals surface area contributed by atoms with Crippen molar-refractivity contribution in [3.63, 3.8) is 0 Å². The first-order valence-electron chi connectivity index (χ1n) is 4.57. The van der Waals surface area contributed by atoms with Crippen molar-refractivity contribution in [3.8, 4) is 0 Å². The first-order chi connectivity index (χ1) is 7.85. The number of anilines is 1. The summed E-state index contributed by atoms with van der Waals surface area (Å²) in [4.78, 5) is 0. The van der Waals surface area contributed by atoms with Gasteiger partial charge in [-0.15, -0.1) is 11.6 Å². The fraction of sp³-hybridized carbons (Fsp3) is 0.333. The highest BCUT2D eigenvalue weighted by Crippen LogP contribution is 2.34. The van der Waals surface area contributed by atoms with Gasteiger partial charge >= 0.3 is 0 Å². The van der Waals surface area contributed by atoms with Crippen molar-refractivity contribution in [2.24, 2.45) is 0 Å². The maximum absolute atomic E-state index is 11.6. The number of rotatable bonds is 5. The Labute approximate surface area is 120 Å². The summed E-state index contributed by atoms with van der Waals surface area (Å²) < 4.78 is 25.6. The van der Waals surface area contributed by atoms with Crippen LogP contribution in [0, 0.1) is 0 Å². The van der Waals surface area contributed by atoms with Crippen LogP contribution in [0.1, 0.15) is 6.42 Å². The van der Waals surface area contributed by atoms with Crippen molar-refractivity contribution in [1.29, 1.82) is 0 Å². The first-order valence-corrected chi connectivity index (χ1v) is 7.89. The Kier molecular flexibility index (Phi) is 5.67. The third-order valence-corrected chi connectivity index (χ3v) is 4.23. The van der Waals surface area contributed by atoms with E-state index in [1.165, 1.54) is 12.1 Å². The molecule has 1 aromatic rings. The second-order valence-corrected chi connectivity index (χ2v) is 6.68. The smallest absolute Gasteiger partial charge is 0.232 e. The van der Waals surface area contributed by atoms with Crippen LogP contribution in [0.2, 0.25) is 15.1 Å². The summed E-state index contributed by atoms with van der Waals surface area (Å²) in [5, 5.41) is 0.637. The van der Waals surface area contributed by atoms with E-state index in [2.05, 4.69) is 4.72 Å². The largest absolute Gasteiger partial charge is 0.281 e. The topological polar surface area (TPSA) is 46.2 Å². The zero-order chi connectivity index (χ0) is 13.1. The van der Waals surface area contributed by atoms with Gasteiger partial charge in [-0.25, -0.2) is 8.42 Å². The van der Waals surface area contributed by atoms with Gasteiger partial charge in [-0.05, 0) is 18.6 Å². The number of nitrogens with one attached hydrogen (secondary N) is 1. The zero-order valence-electron chi connectivity index (χ0n) is 8.51. The van der Waals surface area contributed by atoms with Gasteiger partial charge in [0.2, 0.25) is 10.0 Å². The number of benzene rings is 1. The lowest BCUT2D eigenvalue weighted by molar-refractivity contribution is 0.600. The Morgan fingerprint density at radius 3 is 2.12 bits per heavy atom. The molecule has 8 heteroatoms. The normalized spacial score (nSPS) is 11.5. The van der Waals surface area contributed by atoms with Crippen molar-refractivity contribution in [2.75, 3.05) is 16.4 Å². The third-order valence-electron chi connectivity index (χ3n) is 1.81. The molecule has 0 aliphatic carbocycles. The summed E-state index contributed by atoms with van der Waals surface area (Å²) in [6, 6.07) is 2.82. The Morgan fingerprint density at radius 2 is 1.65 bits per heavy atom. The van der Waals surface area contributed by atoms with Crippen molar-refractivity contribution in [2.45, 2.75) is 6.42 Å². The number of hydrogen-bond acceptors (Lipinski definition) is 2. The highest BCUT2D eigenvalue weighted by molar-refractivity contribution is 7.92. The highest BCUT2D eigenvalue weighted by atomic mass is 35.5. The van der Waals surface area contributed by atoms with Crippen molar-refractivity contribution in [1.82, 2.24) is 0 Å². The zero-order valence-corrected chi connectivity index (χ0v) is 12.4. The summed E-state index contributed by atoms with van der Waals surface area (Å²) in [5.74, 6) is 0.175. The lowest BCUT2D eigenvalue weighted by Crippen LogP contribution is -2.17. The van der Waals surface area contributed by atoms with Gasteiger partial charge in [0, 0.05) is 10.9 Å². The second-order valence-electron chi connectivity index (χ2n) is 3.21. The minimum Gasteiger partial charge on any atom is -0.281 e. The number of hydrogen-bond donors (Lipinski definition) is 1. The standard InChI is InChI=1S/C9H9Cl4NO2S/c10-2-1-3-17(15,16)14-9-7(12)4-6(11)5-8(9)13/h4-5,14H,1-3H2. The fourth-order valence-corrected chi connectivity index (χ4v) is 3.56. The molecule has 0 aliphatic rings. The van der Waals surface area contributed by atoms with E-state index >= 15 is 0 Å². The van der Waals surface area contributed by atoms with Crippen molar-refractivity contribution in [3.05, 3.63) is 27.2 Å². The van der Waals surface area contributed by atoms with Gasteiger partial charge in [0.05, 0.1) is 21.5 Å². The molecule has 17 heavy (non-hydrogen) atoms. The van der Waals surface area contributed by atoms with Crippen LogP contribution in [0.25, 0.3) is 0 Å². The van der Waals surface area contributed by atoms with E-state index in [-0.39, 0.29) is 27.4 Å². The van der Waals surface area contributed by atoms with Crippen LogP contribution in [0.5, 0.6) is 0 Å². The Balaban J connectivity index is 2.96. The van der Waals surface area contributed by atoms with Gasteiger partial charge < -0.3 is 0 Å². The Hall–Kier alpha value is 0.130. The molecule has 0 bridgehead atoms. The van der Waals surface area contributed by atoms with Gasteiger partial charge in [-0.1, -0.05) is 34.8 Å². The molecule has 0 fully saturated rings. The molecule has 0 spiro atoms. The predicted octanol–water partition coefficient (Wildman–Crippen LogP) is 4.02. The second kappa shape index (κ2) is 6.34. The van der Waals surface area contributed by atoms with Crippen LogP contribution < -0.4 is 4.72 Å². The molecule has 0 amide bonds. The van der Waals surface area contributed by atoms with Gasteiger partial charge in [0.1, 0.15) is 0 Å². The average Bonchev–Trinajstić information content (AvgIpc) is 2.21. The van der Waals surface area contributed by atoms with Crippen LogP contribution in [-0.4, -0.2) is 20.1 Å². The summed E-state index contributed by atoms with van der Waals surface area (Å²) in [5.41, 5.74) is 0.132. The maximum Gasteiger partial charge on any atom is 0.232 e. The van der Waals surface area contributed by atoms with E-state index in [9.17, 15) is 8.42 Å². The van der Waals surface area contributed by atoms with Crippen LogP contribution in [-0.2, 0) is 10.0 Å². The molecule has 1 aromatic carbocycles. The molecule has 0 saturated heterocycles. The average molecular weight is 337 g/mol. The lowest BCUT2D eigenvalue weighted by atomic mass is 10.3. The quantitative estimate of drug-likeness (QED) is 0.825. The van der Waals surface area contributed by atoms with Gasteiger partial charge in [0.15, 0.2) is 0 Å². The van der Waals surface area contributed by atoms with Crippen LogP contribution in [0.3, 0.4) is 0 Å². The number of halogens is 4. The van der Waals surface area contributed by atoms with E-state index in [1.807, 2.05) is 0 Å². The molecular weight excluding hydrogens is 328 g/mol. The molecule has 0 radical (unpaired) electrons. The van der Waals surface area contributed by atoms with Crippen LogP contribution in [0.4, 0.5) is 5.69 Å². The summed E-state index contributed by atoms with van der Waals surface area (Å²) >= 11 is 22.9. The summed E-state index contributed by atoms with van der Waals surface area (Å²) in [6.07, 6.45) is 0.347. The lowest BCUT2D eigenvalue weighted by Gasteiger charge is -2.11. The molecule has 3 nitrogen and oxygen atoms in total. The molecule has 0 aliphatic heterocycles. The molecule has 1 rings (SSSR count). The molecule has 0 unspecified atom stereocenters. The molecular formula is C9H9Cl4NO2S. The van der Waals surface area contributed by atoms with E-state index in [4.69, 9.17) is 46.4 Å². The minimum atomic E-state index is -3.50. The fourth-order valence-electron chi connectivity index (χ4n) is 1.09. The minimum absolute atomic E-state index is 0.0915. The molecule has 0 aromatic heterocycles. The number of alkyl halides is 1. The molecule has 0 atom stereocenters. The van der Waals surface area contributed by atoms with Crippen LogP contribution in [0.15, 0.2) is 12.1 Å². The molecule has 96 valence electrons. The maximum atomic E-state index is 11.6. The van der Waals surface area contributed by atoms with Crippen molar-refractivity contribution < 1.29 is 8.42 Å². The van der Waals surface area contributed by atoms with Crippen molar-refractivity contribution >= 4 is 62.1 Å².